The van der Waals surface area contributed by atoms with Gasteiger partial charge in [0.05, 0.1) is 11.1 Å². The Hall–Kier alpha value is -2.66. The van der Waals surface area contributed by atoms with Crippen LogP contribution in [0.25, 0.3) is 11.1 Å². The zero-order valence-corrected chi connectivity index (χ0v) is 16.9. The van der Waals surface area contributed by atoms with E-state index in [0.717, 1.165) is 29.5 Å². The monoisotopic (exact) mass is 392 g/mol. The lowest BCUT2D eigenvalue weighted by Gasteiger charge is -2.36. The van der Waals surface area contributed by atoms with E-state index in [1.165, 1.54) is 25.9 Å². The maximum atomic E-state index is 13.3. The minimum atomic E-state index is -1.06. The van der Waals surface area contributed by atoms with E-state index in [1.807, 2.05) is 36.1 Å². The summed E-state index contributed by atoms with van der Waals surface area (Å²) in [5.74, 6) is -1.23. The third-order valence-corrected chi connectivity index (χ3v) is 6.35. The highest BCUT2D eigenvalue weighted by molar-refractivity contribution is 6.05. The lowest BCUT2D eigenvalue weighted by atomic mass is 9.95. The molecule has 2 saturated heterocycles. The Kier molecular flexibility index (Phi) is 5.67. The molecule has 0 aromatic heterocycles. The lowest BCUT2D eigenvalue weighted by molar-refractivity contribution is 0.0621. The van der Waals surface area contributed by atoms with Crippen molar-refractivity contribution in [3.05, 3.63) is 59.2 Å². The highest BCUT2D eigenvalue weighted by atomic mass is 16.4. The summed E-state index contributed by atoms with van der Waals surface area (Å²) in [6.07, 6.45) is 4.47. The first-order valence-electron chi connectivity index (χ1n) is 10.5. The van der Waals surface area contributed by atoms with Crippen LogP contribution in [0.15, 0.2) is 42.5 Å². The Labute approximate surface area is 171 Å². The summed E-state index contributed by atoms with van der Waals surface area (Å²) in [4.78, 5) is 29.4. The van der Waals surface area contributed by atoms with Gasteiger partial charge >= 0.3 is 5.97 Å². The van der Waals surface area contributed by atoms with Gasteiger partial charge in [-0.1, -0.05) is 30.3 Å². The molecule has 1 amide bonds. The summed E-state index contributed by atoms with van der Waals surface area (Å²) < 4.78 is 0. The standard InChI is InChI=1S/C24H28N2O3/c1-17-6-2-3-7-20(17)18-8-9-21(24(28)29)22(16-18)23(27)26-14-10-19(11-15-26)25-12-4-5-13-25/h2-3,6-9,16,19H,4-5,10-15H2,1H3,(H,28,29). The number of carbonyl (C=O) groups is 2. The molecule has 0 bridgehead atoms. The number of benzene rings is 2. The molecular weight excluding hydrogens is 364 g/mol. The first-order chi connectivity index (χ1) is 14.0. The molecule has 2 aliphatic heterocycles. The molecule has 29 heavy (non-hydrogen) atoms. The minimum Gasteiger partial charge on any atom is -0.478 e. The van der Waals surface area contributed by atoms with Crippen LogP contribution in [0.5, 0.6) is 0 Å². The van der Waals surface area contributed by atoms with Gasteiger partial charge in [-0.05, 0) is 74.5 Å². The molecule has 0 radical (unpaired) electrons. The number of hydrogen-bond donors (Lipinski definition) is 1. The van der Waals surface area contributed by atoms with E-state index in [0.29, 0.717) is 19.1 Å². The average Bonchev–Trinajstić information content (AvgIpc) is 3.28. The predicted molar refractivity (Wildman–Crippen MR) is 113 cm³/mol. The van der Waals surface area contributed by atoms with Crippen LogP contribution in [-0.2, 0) is 0 Å². The smallest absolute Gasteiger partial charge is 0.336 e. The molecule has 2 aliphatic rings. The van der Waals surface area contributed by atoms with Crippen LogP contribution in [-0.4, -0.2) is 59.0 Å². The van der Waals surface area contributed by atoms with Crippen molar-refractivity contribution in [2.24, 2.45) is 0 Å². The number of piperidine rings is 1. The number of aromatic carboxylic acids is 1. The second-order valence-electron chi connectivity index (χ2n) is 8.15. The molecule has 0 atom stereocenters. The molecule has 5 heteroatoms. The molecule has 0 saturated carbocycles. The van der Waals surface area contributed by atoms with Crippen LogP contribution >= 0.6 is 0 Å². The van der Waals surface area contributed by atoms with Gasteiger partial charge < -0.3 is 14.9 Å². The number of likely N-dealkylation sites (tertiary alicyclic amines) is 2. The Balaban J connectivity index is 1.57. The average molecular weight is 392 g/mol. The second kappa shape index (κ2) is 8.37. The molecule has 2 aromatic rings. The van der Waals surface area contributed by atoms with E-state index in [2.05, 4.69) is 4.90 Å². The number of carboxylic acid groups (broad SMARTS) is 1. The minimum absolute atomic E-state index is 0.0778. The number of hydrogen-bond acceptors (Lipinski definition) is 3. The number of carboxylic acids is 1. The Morgan fingerprint density at radius 3 is 2.28 bits per heavy atom. The van der Waals surface area contributed by atoms with Gasteiger partial charge in [0.25, 0.3) is 5.91 Å². The number of amides is 1. The summed E-state index contributed by atoms with van der Waals surface area (Å²) in [5.41, 5.74) is 3.36. The van der Waals surface area contributed by atoms with E-state index in [1.54, 1.807) is 18.2 Å². The van der Waals surface area contributed by atoms with E-state index >= 15 is 0 Å². The largest absolute Gasteiger partial charge is 0.478 e. The molecule has 2 fully saturated rings. The third kappa shape index (κ3) is 4.06. The normalized spacial score (nSPS) is 18.2. The van der Waals surface area contributed by atoms with Gasteiger partial charge in [-0.2, -0.15) is 0 Å². The molecule has 2 aromatic carbocycles. The zero-order valence-electron chi connectivity index (χ0n) is 16.9. The van der Waals surface area contributed by atoms with Gasteiger partial charge in [0, 0.05) is 19.1 Å². The molecule has 2 heterocycles. The van der Waals surface area contributed by atoms with Crippen LogP contribution in [0.1, 0.15) is 52.0 Å². The highest BCUT2D eigenvalue weighted by Crippen LogP contribution is 2.28. The van der Waals surface area contributed by atoms with Crippen molar-refractivity contribution in [1.82, 2.24) is 9.80 Å². The predicted octanol–water partition coefficient (Wildman–Crippen LogP) is 4.06. The Bertz CT molecular complexity index is 910. The van der Waals surface area contributed by atoms with Crippen molar-refractivity contribution in [3.63, 3.8) is 0 Å². The van der Waals surface area contributed by atoms with Crippen LogP contribution in [0.3, 0.4) is 0 Å². The van der Waals surface area contributed by atoms with Crippen molar-refractivity contribution in [1.29, 1.82) is 0 Å². The summed E-state index contributed by atoms with van der Waals surface area (Å²) >= 11 is 0. The van der Waals surface area contributed by atoms with Crippen LogP contribution < -0.4 is 0 Å². The van der Waals surface area contributed by atoms with Gasteiger partial charge in [0.15, 0.2) is 0 Å². The highest BCUT2D eigenvalue weighted by Gasteiger charge is 2.30. The fourth-order valence-corrected chi connectivity index (χ4v) is 4.68. The second-order valence-corrected chi connectivity index (χ2v) is 8.15. The van der Waals surface area contributed by atoms with Crippen molar-refractivity contribution in [2.75, 3.05) is 26.2 Å². The lowest BCUT2D eigenvalue weighted by Crippen LogP contribution is -2.46. The van der Waals surface area contributed by atoms with E-state index < -0.39 is 5.97 Å². The van der Waals surface area contributed by atoms with Crippen molar-refractivity contribution in [2.45, 2.75) is 38.6 Å². The van der Waals surface area contributed by atoms with E-state index in [-0.39, 0.29) is 17.0 Å². The maximum absolute atomic E-state index is 13.3. The number of aryl methyl sites for hydroxylation is 1. The summed E-state index contributed by atoms with van der Waals surface area (Å²) in [7, 11) is 0. The molecule has 5 nitrogen and oxygen atoms in total. The van der Waals surface area contributed by atoms with E-state index in [4.69, 9.17) is 0 Å². The Morgan fingerprint density at radius 1 is 0.931 bits per heavy atom. The summed E-state index contributed by atoms with van der Waals surface area (Å²) in [6, 6.07) is 13.6. The number of carbonyl (C=O) groups excluding carboxylic acids is 1. The third-order valence-electron chi connectivity index (χ3n) is 6.35. The summed E-state index contributed by atoms with van der Waals surface area (Å²) in [5, 5.41) is 9.64. The molecular formula is C24H28N2O3. The fourth-order valence-electron chi connectivity index (χ4n) is 4.68. The van der Waals surface area contributed by atoms with Crippen molar-refractivity contribution < 1.29 is 14.7 Å². The molecule has 0 spiro atoms. The van der Waals surface area contributed by atoms with Crippen LogP contribution in [0, 0.1) is 6.92 Å². The van der Waals surface area contributed by atoms with Gasteiger partial charge in [0.2, 0.25) is 0 Å². The van der Waals surface area contributed by atoms with Crippen molar-refractivity contribution in [3.8, 4) is 11.1 Å². The molecule has 0 unspecified atom stereocenters. The Morgan fingerprint density at radius 2 is 1.62 bits per heavy atom. The molecule has 152 valence electrons. The van der Waals surface area contributed by atoms with Gasteiger partial charge in [0.1, 0.15) is 0 Å². The number of nitrogens with zero attached hydrogens (tertiary/aromatic N) is 2. The zero-order chi connectivity index (χ0) is 20.4. The van der Waals surface area contributed by atoms with Crippen LogP contribution in [0.2, 0.25) is 0 Å². The number of rotatable bonds is 4. The summed E-state index contributed by atoms with van der Waals surface area (Å²) in [6.45, 7) is 5.73. The molecule has 0 aliphatic carbocycles. The van der Waals surface area contributed by atoms with Gasteiger partial charge in [-0.3, -0.25) is 4.79 Å². The quantitative estimate of drug-likeness (QED) is 0.852. The molecule has 4 rings (SSSR count). The topological polar surface area (TPSA) is 60.9 Å². The maximum Gasteiger partial charge on any atom is 0.336 e. The fraction of sp³-hybridized carbons (Fsp3) is 0.417. The van der Waals surface area contributed by atoms with E-state index in [9.17, 15) is 14.7 Å². The first-order valence-corrected chi connectivity index (χ1v) is 10.5. The first kappa shape index (κ1) is 19.6. The SMILES string of the molecule is Cc1ccccc1-c1ccc(C(=O)O)c(C(=O)N2CCC(N3CCCC3)CC2)c1. The van der Waals surface area contributed by atoms with Gasteiger partial charge in [-0.15, -0.1) is 0 Å². The van der Waals surface area contributed by atoms with Gasteiger partial charge in [-0.25, -0.2) is 4.79 Å². The van der Waals surface area contributed by atoms with Crippen molar-refractivity contribution >= 4 is 11.9 Å². The van der Waals surface area contributed by atoms with Crippen LogP contribution in [0.4, 0.5) is 0 Å². The molecule has 1 N–H and O–H groups in total.